The first-order chi connectivity index (χ1) is 10.1. The second-order valence-electron chi connectivity index (χ2n) is 4.39. The number of aryl methyl sites for hydroxylation is 1. The van der Waals surface area contributed by atoms with Crippen LogP contribution in [0.15, 0.2) is 50.3 Å². The van der Waals surface area contributed by atoms with Gasteiger partial charge in [0.1, 0.15) is 12.4 Å². The van der Waals surface area contributed by atoms with E-state index < -0.39 is 0 Å². The molecule has 0 radical (unpaired) electrons. The molecule has 106 valence electrons. The molecule has 0 aliphatic rings. The molecular formula is C17H13Br2NO. The lowest BCUT2D eigenvalue weighted by Gasteiger charge is -2.09. The van der Waals surface area contributed by atoms with Crippen molar-refractivity contribution in [3.05, 3.63) is 56.5 Å². The summed E-state index contributed by atoms with van der Waals surface area (Å²) >= 11 is 6.94. The Morgan fingerprint density at radius 3 is 2.62 bits per heavy atom. The minimum Gasteiger partial charge on any atom is -0.479 e. The first-order valence-corrected chi connectivity index (χ1v) is 7.85. The van der Waals surface area contributed by atoms with Gasteiger partial charge in [0, 0.05) is 16.3 Å². The summed E-state index contributed by atoms with van der Waals surface area (Å²) < 4.78 is 7.35. The Kier molecular flexibility index (Phi) is 5.60. The van der Waals surface area contributed by atoms with Gasteiger partial charge in [-0.15, -0.1) is 6.42 Å². The van der Waals surface area contributed by atoms with Crippen LogP contribution in [0.3, 0.4) is 0 Å². The SMILES string of the molecule is C#CCOc1c(Br)cc(Br)cc1C=Nc1ccc(C)cc1. The number of hydrogen-bond acceptors (Lipinski definition) is 2. The predicted molar refractivity (Wildman–Crippen MR) is 94.6 cm³/mol. The lowest BCUT2D eigenvalue weighted by atomic mass is 10.2. The van der Waals surface area contributed by atoms with Gasteiger partial charge in [0.15, 0.2) is 0 Å². The predicted octanol–water partition coefficient (Wildman–Crippen LogP) is 5.28. The standard InChI is InChI=1S/C17H13Br2NO/c1-3-8-21-17-13(9-14(18)10-16(17)19)11-20-15-6-4-12(2)5-7-15/h1,4-7,9-11H,8H2,2H3. The first-order valence-electron chi connectivity index (χ1n) is 6.26. The molecule has 0 aliphatic carbocycles. The van der Waals surface area contributed by atoms with Crippen molar-refractivity contribution in [2.75, 3.05) is 6.61 Å². The van der Waals surface area contributed by atoms with Gasteiger partial charge in [-0.05, 0) is 47.1 Å². The summed E-state index contributed by atoms with van der Waals surface area (Å²) in [6.45, 7) is 2.26. The van der Waals surface area contributed by atoms with Crippen molar-refractivity contribution in [2.24, 2.45) is 4.99 Å². The lowest BCUT2D eigenvalue weighted by Crippen LogP contribution is -1.98. The van der Waals surface area contributed by atoms with E-state index in [1.165, 1.54) is 5.56 Å². The number of aliphatic imine (C=N–C) groups is 1. The van der Waals surface area contributed by atoms with Gasteiger partial charge in [-0.1, -0.05) is 39.5 Å². The van der Waals surface area contributed by atoms with E-state index in [4.69, 9.17) is 11.2 Å². The Morgan fingerprint density at radius 1 is 1.24 bits per heavy atom. The maximum absolute atomic E-state index is 5.58. The van der Waals surface area contributed by atoms with Crippen LogP contribution in [-0.2, 0) is 0 Å². The molecule has 0 bridgehead atoms. The Hall–Kier alpha value is -1.57. The van der Waals surface area contributed by atoms with E-state index in [0.29, 0.717) is 5.75 Å². The summed E-state index contributed by atoms with van der Waals surface area (Å²) in [4.78, 5) is 4.47. The number of rotatable bonds is 4. The third-order valence-electron chi connectivity index (χ3n) is 2.72. The highest BCUT2D eigenvalue weighted by molar-refractivity contribution is 9.11. The lowest BCUT2D eigenvalue weighted by molar-refractivity contribution is 0.367. The van der Waals surface area contributed by atoms with Crippen molar-refractivity contribution < 1.29 is 4.74 Å². The Bertz CT molecular complexity index is 700. The minimum atomic E-state index is 0.214. The van der Waals surface area contributed by atoms with Crippen molar-refractivity contribution in [3.8, 4) is 18.1 Å². The van der Waals surface area contributed by atoms with Crippen LogP contribution in [0.2, 0.25) is 0 Å². The van der Waals surface area contributed by atoms with E-state index in [2.05, 4.69) is 42.8 Å². The molecule has 4 heteroatoms. The Labute approximate surface area is 141 Å². The van der Waals surface area contributed by atoms with Crippen molar-refractivity contribution >= 4 is 43.8 Å². The zero-order valence-electron chi connectivity index (χ0n) is 11.4. The summed E-state index contributed by atoms with van der Waals surface area (Å²) in [6.07, 6.45) is 7.02. The second kappa shape index (κ2) is 7.44. The quantitative estimate of drug-likeness (QED) is 0.499. The maximum Gasteiger partial charge on any atom is 0.148 e. The second-order valence-corrected chi connectivity index (χ2v) is 6.16. The van der Waals surface area contributed by atoms with Crippen molar-refractivity contribution in [1.29, 1.82) is 0 Å². The van der Waals surface area contributed by atoms with Gasteiger partial charge in [0.2, 0.25) is 0 Å². The fourth-order valence-electron chi connectivity index (χ4n) is 1.72. The molecular weight excluding hydrogens is 394 g/mol. The van der Waals surface area contributed by atoms with Crippen LogP contribution in [0.5, 0.6) is 5.75 Å². The smallest absolute Gasteiger partial charge is 0.148 e. The average Bonchev–Trinajstić information content (AvgIpc) is 2.45. The summed E-state index contributed by atoms with van der Waals surface area (Å²) in [5.41, 5.74) is 2.95. The van der Waals surface area contributed by atoms with Gasteiger partial charge >= 0.3 is 0 Å². The van der Waals surface area contributed by atoms with E-state index in [-0.39, 0.29) is 6.61 Å². The van der Waals surface area contributed by atoms with E-state index in [1.54, 1.807) is 6.21 Å². The van der Waals surface area contributed by atoms with Gasteiger partial charge in [0.25, 0.3) is 0 Å². The summed E-state index contributed by atoms with van der Waals surface area (Å²) in [6, 6.07) is 11.9. The number of ether oxygens (including phenoxy) is 1. The monoisotopic (exact) mass is 405 g/mol. The van der Waals surface area contributed by atoms with Gasteiger partial charge in [-0.25, -0.2) is 0 Å². The first kappa shape index (κ1) is 15.8. The van der Waals surface area contributed by atoms with E-state index >= 15 is 0 Å². The van der Waals surface area contributed by atoms with Gasteiger partial charge in [-0.2, -0.15) is 0 Å². The maximum atomic E-state index is 5.58. The van der Waals surface area contributed by atoms with Crippen LogP contribution in [0.25, 0.3) is 0 Å². The third-order valence-corrected chi connectivity index (χ3v) is 3.77. The van der Waals surface area contributed by atoms with Crippen LogP contribution < -0.4 is 4.74 Å². The van der Waals surface area contributed by atoms with Crippen molar-refractivity contribution in [1.82, 2.24) is 0 Å². The fraction of sp³-hybridized carbons (Fsp3) is 0.118. The largest absolute Gasteiger partial charge is 0.479 e. The van der Waals surface area contributed by atoms with E-state index in [9.17, 15) is 0 Å². The molecule has 2 nitrogen and oxygen atoms in total. The molecule has 21 heavy (non-hydrogen) atoms. The van der Waals surface area contributed by atoms with Crippen LogP contribution in [-0.4, -0.2) is 12.8 Å². The number of nitrogens with zero attached hydrogens (tertiary/aromatic N) is 1. The van der Waals surface area contributed by atoms with E-state index in [0.717, 1.165) is 20.2 Å². The molecule has 2 aromatic carbocycles. The van der Waals surface area contributed by atoms with Gasteiger partial charge < -0.3 is 4.74 Å². The number of benzene rings is 2. The Morgan fingerprint density at radius 2 is 1.95 bits per heavy atom. The molecule has 0 unspecified atom stereocenters. The molecule has 0 saturated carbocycles. The molecule has 0 fully saturated rings. The fourth-order valence-corrected chi connectivity index (χ4v) is 3.09. The summed E-state index contributed by atoms with van der Waals surface area (Å²) in [5, 5.41) is 0. The normalized spacial score (nSPS) is 10.6. The molecule has 0 atom stereocenters. The van der Waals surface area contributed by atoms with Gasteiger partial charge in [-0.3, -0.25) is 4.99 Å². The molecule has 2 rings (SSSR count). The van der Waals surface area contributed by atoms with Crippen LogP contribution in [0, 0.1) is 19.3 Å². The third kappa shape index (κ3) is 4.45. The van der Waals surface area contributed by atoms with Crippen LogP contribution in [0.4, 0.5) is 5.69 Å². The molecule has 0 amide bonds. The molecule has 0 N–H and O–H groups in total. The molecule has 2 aromatic rings. The highest BCUT2D eigenvalue weighted by atomic mass is 79.9. The highest BCUT2D eigenvalue weighted by Crippen LogP contribution is 2.32. The topological polar surface area (TPSA) is 21.6 Å². The summed E-state index contributed by atoms with van der Waals surface area (Å²) in [5.74, 6) is 3.15. The molecule has 0 aliphatic heterocycles. The molecule has 0 saturated heterocycles. The molecule has 0 heterocycles. The van der Waals surface area contributed by atoms with Crippen LogP contribution >= 0.6 is 31.9 Å². The highest BCUT2D eigenvalue weighted by Gasteiger charge is 2.08. The Balaban J connectivity index is 2.33. The molecule has 0 aromatic heterocycles. The average molecular weight is 407 g/mol. The molecule has 0 spiro atoms. The number of halogens is 2. The zero-order valence-corrected chi connectivity index (χ0v) is 14.6. The number of terminal acetylenes is 1. The number of hydrogen-bond donors (Lipinski definition) is 0. The minimum absolute atomic E-state index is 0.214. The zero-order chi connectivity index (χ0) is 15.2. The van der Waals surface area contributed by atoms with Gasteiger partial charge in [0.05, 0.1) is 10.2 Å². The van der Waals surface area contributed by atoms with E-state index in [1.807, 2.05) is 43.3 Å². The van der Waals surface area contributed by atoms with Crippen molar-refractivity contribution in [3.63, 3.8) is 0 Å². The summed E-state index contributed by atoms with van der Waals surface area (Å²) in [7, 11) is 0. The van der Waals surface area contributed by atoms with Crippen LogP contribution in [0.1, 0.15) is 11.1 Å². The van der Waals surface area contributed by atoms with Crippen molar-refractivity contribution in [2.45, 2.75) is 6.92 Å².